The predicted molar refractivity (Wildman–Crippen MR) is 95.3 cm³/mol. The zero-order valence-corrected chi connectivity index (χ0v) is 14.7. The van der Waals surface area contributed by atoms with Crippen LogP contribution in [0.3, 0.4) is 0 Å². The minimum atomic E-state index is -3.38. The molecule has 1 aromatic heterocycles. The standard InChI is InChI=1S/C18H20N4O2S/c19-12-16-6-7-17(14-21-16)20-13-15-4-8-18(9-5-15)25(23,24)22-10-2-1-3-11-22/h4-9,14,20H,1-3,10-11,13H2. The Morgan fingerprint density at radius 3 is 2.40 bits per heavy atom. The number of benzene rings is 1. The molecule has 1 fully saturated rings. The quantitative estimate of drug-likeness (QED) is 0.890. The SMILES string of the molecule is N#Cc1ccc(NCc2ccc(S(=O)(=O)N3CCCCC3)cc2)cn1. The van der Waals surface area contributed by atoms with Crippen LogP contribution in [0.25, 0.3) is 0 Å². The molecule has 2 aromatic rings. The number of aromatic nitrogens is 1. The summed E-state index contributed by atoms with van der Waals surface area (Å²) in [6.45, 7) is 1.77. The summed E-state index contributed by atoms with van der Waals surface area (Å²) in [5.74, 6) is 0. The van der Waals surface area contributed by atoms with E-state index in [0.717, 1.165) is 30.5 Å². The fourth-order valence-electron chi connectivity index (χ4n) is 2.80. The number of piperidine rings is 1. The molecule has 1 aliphatic heterocycles. The van der Waals surface area contributed by atoms with E-state index in [0.29, 0.717) is 30.2 Å². The normalized spacial score (nSPS) is 15.5. The molecule has 0 spiro atoms. The highest BCUT2D eigenvalue weighted by Gasteiger charge is 2.25. The van der Waals surface area contributed by atoms with Gasteiger partial charge >= 0.3 is 0 Å². The molecule has 2 heterocycles. The van der Waals surface area contributed by atoms with Gasteiger partial charge in [0.25, 0.3) is 0 Å². The lowest BCUT2D eigenvalue weighted by molar-refractivity contribution is 0.346. The Bertz CT molecular complexity index is 849. The lowest BCUT2D eigenvalue weighted by atomic mass is 10.2. The molecule has 0 saturated carbocycles. The van der Waals surface area contributed by atoms with Crippen molar-refractivity contribution >= 4 is 15.7 Å². The molecule has 0 bridgehead atoms. The molecule has 3 rings (SSSR count). The van der Waals surface area contributed by atoms with Gasteiger partial charge in [0.1, 0.15) is 11.8 Å². The van der Waals surface area contributed by atoms with Crippen molar-refractivity contribution in [3.05, 3.63) is 53.9 Å². The minimum Gasteiger partial charge on any atom is -0.380 e. The number of hydrogen-bond donors (Lipinski definition) is 1. The van der Waals surface area contributed by atoms with Crippen molar-refractivity contribution < 1.29 is 8.42 Å². The summed E-state index contributed by atoms with van der Waals surface area (Å²) in [6.07, 6.45) is 4.56. The molecule has 25 heavy (non-hydrogen) atoms. The highest BCUT2D eigenvalue weighted by molar-refractivity contribution is 7.89. The van der Waals surface area contributed by atoms with Crippen molar-refractivity contribution in [1.29, 1.82) is 5.26 Å². The summed E-state index contributed by atoms with van der Waals surface area (Å²) in [5.41, 5.74) is 2.16. The molecule has 0 amide bonds. The van der Waals surface area contributed by atoms with Crippen LogP contribution in [0.2, 0.25) is 0 Å². The topological polar surface area (TPSA) is 86.1 Å². The third-order valence-corrected chi connectivity index (χ3v) is 6.16. The summed E-state index contributed by atoms with van der Waals surface area (Å²) in [4.78, 5) is 4.34. The Hall–Kier alpha value is -2.43. The van der Waals surface area contributed by atoms with Gasteiger partial charge in [0.05, 0.1) is 16.8 Å². The first-order chi connectivity index (χ1) is 12.1. The van der Waals surface area contributed by atoms with E-state index in [1.54, 1.807) is 34.8 Å². The van der Waals surface area contributed by atoms with Crippen LogP contribution < -0.4 is 5.32 Å². The first-order valence-corrected chi connectivity index (χ1v) is 9.73. The third-order valence-electron chi connectivity index (χ3n) is 4.25. The van der Waals surface area contributed by atoms with E-state index in [1.807, 2.05) is 18.2 Å². The van der Waals surface area contributed by atoms with Gasteiger partial charge in [-0.05, 0) is 42.7 Å². The monoisotopic (exact) mass is 356 g/mol. The highest BCUT2D eigenvalue weighted by atomic mass is 32.2. The number of nitriles is 1. The number of pyridine rings is 1. The Balaban J connectivity index is 1.64. The maximum atomic E-state index is 12.6. The smallest absolute Gasteiger partial charge is 0.243 e. The van der Waals surface area contributed by atoms with Crippen LogP contribution in [0.4, 0.5) is 5.69 Å². The molecule has 1 N–H and O–H groups in total. The van der Waals surface area contributed by atoms with Crippen LogP contribution >= 0.6 is 0 Å². The number of nitrogens with zero attached hydrogens (tertiary/aromatic N) is 3. The lowest BCUT2D eigenvalue weighted by Gasteiger charge is -2.25. The van der Waals surface area contributed by atoms with Crippen LogP contribution in [-0.2, 0) is 16.6 Å². The van der Waals surface area contributed by atoms with E-state index in [-0.39, 0.29) is 0 Å². The maximum Gasteiger partial charge on any atom is 0.243 e. The van der Waals surface area contributed by atoms with Crippen molar-refractivity contribution in [3.8, 4) is 6.07 Å². The maximum absolute atomic E-state index is 12.6. The van der Waals surface area contributed by atoms with Gasteiger partial charge in [0.2, 0.25) is 10.0 Å². The second kappa shape index (κ2) is 7.64. The molecular weight excluding hydrogens is 336 g/mol. The summed E-state index contributed by atoms with van der Waals surface area (Å²) in [6, 6.07) is 12.4. The van der Waals surface area contributed by atoms with E-state index in [2.05, 4.69) is 10.3 Å². The molecule has 0 radical (unpaired) electrons. The van der Waals surface area contributed by atoms with Crippen molar-refractivity contribution in [1.82, 2.24) is 9.29 Å². The molecule has 1 aliphatic rings. The first kappa shape index (κ1) is 17.4. The van der Waals surface area contributed by atoms with E-state index < -0.39 is 10.0 Å². The first-order valence-electron chi connectivity index (χ1n) is 8.29. The van der Waals surface area contributed by atoms with E-state index in [1.165, 1.54) is 0 Å². The molecule has 7 heteroatoms. The van der Waals surface area contributed by atoms with Crippen LogP contribution in [0, 0.1) is 11.3 Å². The van der Waals surface area contributed by atoms with E-state index >= 15 is 0 Å². The second-order valence-corrected chi connectivity index (χ2v) is 7.94. The van der Waals surface area contributed by atoms with Crippen molar-refractivity contribution in [2.24, 2.45) is 0 Å². The zero-order valence-electron chi connectivity index (χ0n) is 13.9. The van der Waals surface area contributed by atoms with Gasteiger partial charge in [-0.25, -0.2) is 13.4 Å². The molecule has 1 saturated heterocycles. The van der Waals surface area contributed by atoms with Crippen LogP contribution in [-0.4, -0.2) is 30.8 Å². The third kappa shape index (κ3) is 4.16. The molecule has 6 nitrogen and oxygen atoms in total. The summed E-state index contributed by atoms with van der Waals surface area (Å²) in [7, 11) is -3.38. The molecule has 130 valence electrons. The van der Waals surface area contributed by atoms with Gasteiger partial charge in [-0.3, -0.25) is 0 Å². The Labute approximate surface area is 148 Å². The van der Waals surface area contributed by atoms with E-state index in [9.17, 15) is 8.42 Å². The lowest BCUT2D eigenvalue weighted by Crippen LogP contribution is -2.35. The molecule has 0 atom stereocenters. The van der Waals surface area contributed by atoms with Gasteiger partial charge in [0.15, 0.2) is 0 Å². The molecular formula is C18H20N4O2S. The minimum absolute atomic E-state index is 0.346. The van der Waals surface area contributed by atoms with Gasteiger partial charge in [-0.15, -0.1) is 0 Å². The van der Waals surface area contributed by atoms with Crippen molar-refractivity contribution in [3.63, 3.8) is 0 Å². The Morgan fingerprint density at radius 2 is 1.80 bits per heavy atom. The molecule has 0 aliphatic carbocycles. The highest BCUT2D eigenvalue weighted by Crippen LogP contribution is 2.21. The average molecular weight is 356 g/mol. The number of hydrogen-bond acceptors (Lipinski definition) is 5. The number of anilines is 1. The van der Waals surface area contributed by atoms with Crippen LogP contribution in [0.15, 0.2) is 47.5 Å². The van der Waals surface area contributed by atoms with Gasteiger partial charge < -0.3 is 5.32 Å². The largest absolute Gasteiger partial charge is 0.380 e. The number of sulfonamides is 1. The molecule has 0 unspecified atom stereocenters. The van der Waals surface area contributed by atoms with Gasteiger partial charge in [0, 0.05) is 19.6 Å². The van der Waals surface area contributed by atoms with Crippen molar-refractivity contribution in [2.75, 3.05) is 18.4 Å². The average Bonchev–Trinajstić information content (AvgIpc) is 2.68. The number of rotatable bonds is 5. The fourth-order valence-corrected chi connectivity index (χ4v) is 4.32. The second-order valence-electron chi connectivity index (χ2n) is 6.01. The predicted octanol–water partition coefficient (Wildman–Crippen LogP) is 2.74. The fraction of sp³-hybridized carbons (Fsp3) is 0.333. The summed E-state index contributed by atoms with van der Waals surface area (Å²) >= 11 is 0. The molecule has 1 aromatic carbocycles. The van der Waals surface area contributed by atoms with Gasteiger partial charge in [-0.1, -0.05) is 18.6 Å². The van der Waals surface area contributed by atoms with Crippen LogP contribution in [0.5, 0.6) is 0 Å². The zero-order chi connectivity index (χ0) is 17.7. The van der Waals surface area contributed by atoms with E-state index in [4.69, 9.17) is 5.26 Å². The Kier molecular flexibility index (Phi) is 5.31. The Morgan fingerprint density at radius 1 is 1.08 bits per heavy atom. The number of nitrogens with one attached hydrogen (secondary N) is 1. The van der Waals surface area contributed by atoms with Gasteiger partial charge in [-0.2, -0.15) is 9.57 Å². The van der Waals surface area contributed by atoms with Crippen LogP contribution in [0.1, 0.15) is 30.5 Å². The summed E-state index contributed by atoms with van der Waals surface area (Å²) < 4.78 is 26.8. The van der Waals surface area contributed by atoms with Crippen molar-refractivity contribution in [2.45, 2.75) is 30.7 Å². The summed E-state index contributed by atoms with van der Waals surface area (Å²) in [5, 5.41) is 11.9.